The number of aromatic amines is 1. The first-order valence-corrected chi connectivity index (χ1v) is 10.8. The average molecular weight is 472 g/mol. The third kappa shape index (κ3) is 5.44. The van der Waals surface area contributed by atoms with Crippen LogP contribution in [-0.4, -0.2) is 77.4 Å². The molecule has 0 unspecified atom stereocenters. The van der Waals surface area contributed by atoms with E-state index in [0.717, 1.165) is 30.9 Å². The molecule has 0 aromatic carbocycles. The molecule has 0 spiro atoms. The standard InChI is InChI=1S/C20H26FN11O2/c1-11-7-15(30-29-11)25-18-26-17(24-12(2)16-22-8-13(21)9-23-16)27-19(28-18)32-6-4-5-14(10-32)31(3)20(33)34/h7-9,12,14H,4-6,10H2,1-3H3,(H,33,34)(H3,24,25,26,27,28,29,30)/t12-,14-/m0/s1. The number of rotatable bonds is 7. The Hall–Kier alpha value is -4.10. The average Bonchev–Trinajstić information content (AvgIpc) is 3.23. The van der Waals surface area contributed by atoms with Crippen molar-refractivity contribution in [1.29, 1.82) is 0 Å². The lowest BCUT2D eigenvalue weighted by atomic mass is 10.1. The summed E-state index contributed by atoms with van der Waals surface area (Å²) in [5.74, 6) is 1.31. The molecule has 1 aliphatic heterocycles. The Morgan fingerprint density at radius 1 is 1.29 bits per heavy atom. The number of nitrogens with zero attached hydrogens (tertiary/aromatic N) is 8. The Balaban J connectivity index is 1.61. The normalized spacial score (nSPS) is 16.7. The summed E-state index contributed by atoms with van der Waals surface area (Å²) in [5.41, 5.74) is 0.868. The van der Waals surface area contributed by atoms with Crippen molar-refractivity contribution in [3.05, 3.63) is 35.8 Å². The second-order valence-corrected chi connectivity index (χ2v) is 8.10. The molecule has 0 saturated carbocycles. The van der Waals surface area contributed by atoms with Crippen molar-refractivity contribution >= 4 is 29.8 Å². The fourth-order valence-corrected chi connectivity index (χ4v) is 3.64. The molecule has 0 radical (unpaired) electrons. The maximum absolute atomic E-state index is 13.2. The van der Waals surface area contributed by atoms with Crippen LogP contribution in [0.2, 0.25) is 0 Å². The van der Waals surface area contributed by atoms with Crippen LogP contribution in [0.25, 0.3) is 0 Å². The maximum atomic E-state index is 13.2. The summed E-state index contributed by atoms with van der Waals surface area (Å²) in [5, 5.41) is 22.6. The van der Waals surface area contributed by atoms with Crippen LogP contribution in [0.15, 0.2) is 18.5 Å². The molecule has 0 bridgehead atoms. The third-order valence-corrected chi connectivity index (χ3v) is 5.47. The van der Waals surface area contributed by atoms with Gasteiger partial charge in [-0.05, 0) is 26.7 Å². The predicted molar refractivity (Wildman–Crippen MR) is 121 cm³/mol. The highest BCUT2D eigenvalue weighted by atomic mass is 19.1. The molecule has 1 saturated heterocycles. The van der Waals surface area contributed by atoms with Gasteiger partial charge < -0.3 is 25.5 Å². The lowest BCUT2D eigenvalue weighted by molar-refractivity contribution is 0.133. The van der Waals surface area contributed by atoms with E-state index in [1.54, 1.807) is 14.0 Å². The molecule has 14 heteroatoms. The molecule has 0 aliphatic carbocycles. The number of H-pyrrole nitrogens is 1. The summed E-state index contributed by atoms with van der Waals surface area (Å²) in [6.07, 6.45) is 2.76. The Labute approximate surface area is 194 Å². The molecular formula is C20H26FN11O2. The molecule has 1 aliphatic rings. The van der Waals surface area contributed by atoms with Crippen molar-refractivity contribution in [2.75, 3.05) is 35.7 Å². The number of hydrogen-bond donors (Lipinski definition) is 4. The highest BCUT2D eigenvalue weighted by Crippen LogP contribution is 2.23. The van der Waals surface area contributed by atoms with Crippen LogP contribution in [0.5, 0.6) is 0 Å². The number of nitrogens with one attached hydrogen (secondary N) is 3. The fraction of sp³-hybridized carbons (Fsp3) is 0.450. The van der Waals surface area contributed by atoms with Gasteiger partial charge >= 0.3 is 6.09 Å². The van der Waals surface area contributed by atoms with Gasteiger partial charge in [-0.2, -0.15) is 20.1 Å². The molecule has 3 aromatic heterocycles. The van der Waals surface area contributed by atoms with Gasteiger partial charge in [0.05, 0.1) is 24.5 Å². The first-order chi connectivity index (χ1) is 16.3. The Kier molecular flexibility index (Phi) is 6.65. The zero-order valence-electron chi connectivity index (χ0n) is 19.0. The van der Waals surface area contributed by atoms with Gasteiger partial charge in [0.1, 0.15) is 5.82 Å². The molecule has 4 heterocycles. The van der Waals surface area contributed by atoms with Crippen LogP contribution in [0.3, 0.4) is 0 Å². The van der Waals surface area contributed by atoms with Gasteiger partial charge in [-0.15, -0.1) is 0 Å². The number of carbonyl (C=O) groups is 1. The molecular weight excluding hydrogens is 445 g/mol. The van der Waals surface area contributed by atoms with Gasteiger partial charge in [-0.25, -0.2) is 19.2 Å². The molecule has 2 atom stereocenters. The summed E-state index contributed by atoms with van der Waals surface area (Å²) in [6.45, 7) is 4.80. The van der Waals surface area contributed by atoms with Crippen molar-refractivity contribution in [3.8, 4) is 0 Å². The number of aromatic nitrogens is 7. The molecule has 4 N–H and O–H groups in total. The van der Waals surface area contributed by atoms with E-state index in [0.29, 0.717) is 30.7 Å². The van der Waals surface area contributed by atoms with E-state index in [9.17, 15) is 14.3 Å². The first-order valence-electron chi connectivity index (χ1n) is 10.8. The van der Waals surface area contributed by atoms with Crippen LogP contribution in [-0.2, 0) is 0 Å². The van der Waals surface area contributed by atoms with Gasteiger partial charge in [-0.3, -0.25) is 5.10 Å². The minimum Gasteiger partial charge on any atom is -0.465 e. The zero-order chi connectivity index (χ0) is 24.2. The summed E-state index contributed by atoms with van der Waals surface area (Å²) < 4.78 is 13.2. The monoisotopic (exact) mass is 471 g/mol. The van der Waals surface area contributed by atoms with Gasteiger partial charge in [0.25, 0.3) is 0 Å². The molecule has 1 fully saturated rings. The summed E-state index contributed by atoms with van der Waals surface area (Å²) in [7, 11) is 1.56. The predicted octanol–water partition coefficient (Wildman–Crippen LogP) is 2.33. The minimum atomic E-state index is -0.978. The molecule has 180 valence electrons. The lowest BCUT2D eigenvalue weighted by Gasteiger charge is -2.36. The van der Waals surface area contributed by atoms with E-state index < -0.39 is 18.0 Å². The van der Waals surface area contributed by atoms with Crippen LogP contribution in [0.4, 0.5) is 32.8 Å². The zero-order valence-corrected chi connectivity index (χ0v) is 19.0. The topological polar surface area (TPSA) is 161 Å². The highest BCUT2D eigenvalue weighted by Gasteiger charge is 2.28. The quantitative estimate of drug-likeness (QED) is 0.400. The highest BCUT2D eigenvalue weighted by molar-refractivity contribution is 5.65. The molecule has 1 amide bonds. The van der Waals surface area contributed by atoms with Crippen LogP contribution < -0.4 is 15.5 Å². The molecule has 13 nitrogen and oxygen atoms in total. The minimum absolute atomic E-state index is 0.184. The first kappa shape index (κ1) is 23.1. The van der Waals surface area contributed by atoms with Crippen LogP contribution in [0.1, 0.15) is 37.3 Å². The Bertz CT molecular complexity index is 1140. The van der Waals surface area contributed by atoms with Crippen LogP contribution >= 0.6 is 0 Å². The second kappa shape index (κ2) is 9.80. The number of carboxylic acid groups (broad SMARTS) is 1. The largest absolute Gasteiger partial charge is 0.465 e. The van der Waals surface area contributed by atoms with Gasteiger partial charge in [0.15, 0.2) is 11.6 Å². The van der Waals surface area contributed by atoms with E-state index in [1.807, 2.05) is 17.9 Å². The van der Waals surface area contributed by atoms with Crippen molar-refractivity contribution in [2.45, 2.75) is 38.8 Å². The number of hydrogen-bond acceptors (Lipinski definition) is 10. The summed E-state index contributed by atoms with van der Waals surface area (Å²) in [6, 6.07) is 1.21. The Morgan fingerprint density at radius 3 is 2.71 bits per heavy atom. The Morgan fingerprint density at radius 2 is 2.03 bits per heavy atom. The van der Waals surface area contributed by atoms with E-state index in [1.165, 1.54) is 4.90 Å². The van der Waals surface area contributed by atoms with Crippen molar-refractivity contribution in [2.24, 2.45) is 0 Å². The smallest absolute Gasteiger partial charge is 0.407 e. The number of amides is 1. The fourth-order valence-electron chi connectivity index (χ4n) is 3.64. The number of halogens is 1. The number of aryl methyl sites for hydroxylation is 1. The summed E-state index contributed by atoms with van der Waals surface area (Å²) >= 11 is 0. The number of anilines is 4. The SMILES string of the molecule is Cc1cc(Nc2nc(N[C@@H](C)c3ncc(F)cn3)nc(N3CCC[C@H](N(C)C(=O)O)C3)n2)n[nH]1. The van der Waals surface area contributed by atoms with E-state index in [-0.39, 0.29) is 17.9 Å². The van der Waals surface area contributed by atoms with Crippen molar-refractivity contribution < 1.29 is 14.3 Å². The maximum Gasteiger partial charge on any atom is 0.407 e. The van der Waals surface area contributed by atoms with Gasteiger partial charge in [0, 0.05) is 31.9 Å². The number of piperidine rings is 1. The molecule has 4 rings (SSSR count). The van der Waals surface area contributed by atoms with E-state index in [2.05, 4.69) is 45.8 Å². The summed E-state index contributed by atoms with van der Waals surface area (Å²) in [4.78, 5) is 36.2. The second-order valence-electron chi connectivity index (χ2n) is 8.10. The van der Waals surface area contributed by atoms with E-state index >= 15 is 0 Å². The van der Waals surface area contributed by atoms with Crippen molar-refractivity contribution in [1.82, 2.24) is 40.0 Å². The lowest BCUT2D eigenvalue weighted by Crippen LogP contribution is -2.48. The van der Waals surface area contributed by atoms with Crippen molar-refractivity contribution in [3.63, 3.8) is 0 Å². The van der Waals surface area contributed by atoms with Gasteiger partial charge in [-0.1, -0.05) is 0 Å². The van der Waals surface area contributed by atoms with Gasteiger partial charge in [0.2, 0.25) is 17.8 Å². The number of likely N-dealkylation sites (N-methyl/N-ethyl adjacent to an activating group) is 1. The molecule has 3 aromatic rings. The van der Waals surface area contributed by atoms with E-state index in [4.69, 9.17) is 0 Å². The van der Waals surface area contributed by atoms with Crippen LogP contribution in [0, 0.1) is 12.7 Å². The molecule has 34 heavy (non-hydrogen) atoms. The third-order valence-electron chi connectivity index (χ3n) is 5.47.